The topological polar surface area (TPSA) is 75.3 Å². The van der Waals surface area contributed by atoms with Crippen LogP contribution in [0.15, 0.2) is 108 Å². The van der Waals surface area contributed by atoms with Gasteiger partial charge in [-0.1, -0.05) is 66.2 Å². The SMILES string of the molecule is Cc1ccc(S(=O)(=O)Nc2ccc(C(=O)Nc3ccccc3-c3ccccc3)cc2)cc1. The number of anilines is 2. The Bertz CT molecular complexity index is 1330. The number of rotatable bonds is 6. The second-order valence-corrected chi connectivity index (χ2v) is 9.04. The lowest BCUT2D eigenvalue weighted by molar-refractivity contribution is 0.102. The molecule has 0 atom stereocenters. The summed E-state index contributed by atoms with van der Waals surface area (Å²) in [6.45, 7) is 1.89. The average Bonchev–Trinajstić information content (AvgIpc) is 2.80. The predicted octanol–water partition coefficient (Wildman–Crippen LogP) is 5.72. The molecule has 0 radical (unpaired) electrons. The van der Waals surface area contributed by atoms with Crippen molar-refractivity contribution in [3.05, 3.63) is 114 Å². The molecule has 160 valence electrons. The molecule has 0 aliphatic heterocycles. The maximum Gasteiger partial charge on any atom is 0.261 e. The molecule has 0 saturated heterocycles. The van der Waals surface area contributed by atoms with Crippen LogP contribution < -0.4 is 10.0 Å². The van der Waals surface area contributed by atoms with E-state index in [0.717, 1.165) is 16.7 Å². The van der Waals surface area contributed by atoms with Crippen LogP contribution in [0.25, 0.3) is 11.1 Å². The number of para-hydroxylation sites is 1. The third-order valence-corrected chi connectivity index (χ3v) is 6.39. The Kier molecular flexibility index (Phi) is 6.05. The lowest BCUT2D eigenvalue weighted by Crippen LogP contribution is -2.14. The molecule has 0 fully saturated rings. The van der Waals surface area contributed by atoms with Crippen LogP contribution in [0.4, 0.5) is 11.4 Å². The van der Waals surface area contributed by atoms with Crippen LogP contribution in [0.2, 0.25) is 0 Å². The van der Waals surface area contributed by atoms with Crippen molar-refractivity contribution in [3.63, 3.8) is 0 Å². The van der Waals surface area contributed by atoms with Crippen LogP contribution in [0.1, 0.15) is 15.9 Å². The minimum atomic E-state index is -3.70. The van der Waals surface area contributed by atoms with E-state index in [0.29, 0.717) is 16.9 Å². The van der Waals surface area contributed by atoms with E-state index in [1.807, 2.05) is 61.5 Å². The zero-order valence-electron chi connectivity index (χ0n) is 17.4. The molecule has 4 aromatic rings. The first-order chi connectivity index (χ1) is 15.4. The first kappa shape index (κ1) is 21.3. The quantitative estimate of drug-likeness (QED) is 0.401. The van der Waals surface area contributed by atoms with Gasteiger partial charge in [0, 0.05) is 22.5 Å². The molecule has 6 heteroatoms. The fourth-order valence-corrected chi connectivity index (χ4v) is 4.34. The Morgan fingerprint density at radius 3 is 2.03 bits per heavy atom. The molecular formula is C26H22N2O3S. The zero-order valence-corrected chi connectivity index (χ0v) is 18.3. The number of nitrogens with one attached hydrogen (secondary N) is 2. The minimum absolute atomic E-state index is 0.183. The van der Waals surface area contributed by atoms with E-state index < -0.39 is 10.0 Å². The Morgan fingerprint density at radius 1 is 0.719 bits per heavy atom. The first-order valence-electron chi connectivity index (χ1n) is 10.1. The molecule has 0 aromatic heterocycles. The molecule has 0 aliphatic rings. The van der Waals surface area contributed by atoms with Gasteiger partial charge in [0.05, 0.1) is 4.90 Å². The summed E-state index contributed by atoms with van der Waals surface area (Å²) in [7, 11) is -3.70. The van der Waals surface area contributed by atoms with E-state index >= 15 is 0 Å². The minimum Gasteiger partial charge on any atom is -0.321 e. The number of hydrogen-bond donors (Lipinski definition) is 2. The summed E-state index contributed by atoms with van der Waals surface area (Å²) in [4.78, 5) is 13.0. The monoisotopic (exact) mass is 442 g/mol. The van der Waals surface area contributed by atoms with Crippen LogP contribution in [0, 0.1) is 6.92 Å². The maximum absolute atomic E-state index is 12.8. The van der Waals surface area contributed by atoms with E-state index in [9.17, 15) is 13.2 Å². The van der Waals surface area contributed by atoms with E-state index in [1.165, 1.54) is 0 Å². The summed E-state index contributed by atoms with van der Waals surface area (Å²) in [5.41, 5.74) is 4.41. The molecule has 1 amide bonds. The smallest absolute Gasteiger partial charge is 0.261 e. The molecule has 4 aromatic carbocycles. The number of sulfonamides is 1. The van der Waals surface area contributed by atoms with Crippen molar-refractivity contribution in [1.29, 1.82) is 0 Å². The number of carbonyl (C=O) groups is 1. The summed E-state index contributed by atoms with van der Waals surface area (Å²) in [6, 6.07) is 30.3. The molecule has 4 rings (SSSR count). The third kappa shape index (κ3) is 4.87. The van der Waals surface area contributed by atoms with Gasteiger partial charge in [-0.2, -0.15) is 0 Å². The molecule has 0 bridgehead atoms. The Hall–Kier alpha value is -3.90. The van der Waals surface area contributed by atoms with Crippen molar-refractivity contribution >= 4 is 27.3 Å². The van der Waals surface area contributed by atoms with E-state index in [2.05, 4.69) is 10.0 Å². The number of benzene rings is 4. The maximum atomic E-state index is 12.8. The molecule has 2 N–H and O–H groups in total. The van der Waals surface area contributed by atoms with Gasteiger partial charge in [0.2, 0.25) is 0 Å². The van der Waals surface area contributed by atoms with Crippen molar-refractivity contribution in [2.45, 2.75) is 11.8 Å². The lowest BCUT2D eigenvalue weighted by Gasteiger charge is -2.12. The highest BCUT2D eigenvalue weighted by atomic mass is 32.2. The summed E-state index contributed by atoms with van der Waals surface area (Å²) in [5, 5.41) is 2.95. The lowest BCUT2D eigenvalue weighted by atomic mass is 10.0. The van der Waals surface area contributed by atoms with Gasteiger partial charge in [0.15, 0.2) is 0 Å². The third-order valence-electron chi connectivity index (χ3n) is 4.99. The summed E-state index contributed by atoms with van der Waals surface area (Å²) in [5.74, 6) is -0.277. The van der Waals surface area contributed by atoms with Gasteiger partial charge in [0.25, 0.3) is 15.9 Å². The van der Waals surface area contributed by atoms with Crippen molar-refractivity contribution < 1.29 is 13.2 Å². The van der Waals surface area contributed by atoms with Crippen molar-refractivity contribution in [3.8, 4) is 11.1 Å². The fraction of sp³-hybridized carbons (Fsp3) is 0.0385. The summed E-state index contributed by atoms with van der Waals surface area (Å²) < 4.78 is 27.7. The van der Waals surface area contributed by atoms with Gasteiger partial charge < -0.3 is 5.32 Å². The highest BCUT2D eigenvalue weighted by molar-refractivity contribution is 7.92. The summed E-state index contributed by atoms with van der Waals surface area (Å²) in [6.07, 6.45) is 0. The van der Waals surface area contributed by atoms with Crippen molar-refractivity contribution in [2.24, 2.45) is 0 Å². The average molecular weight is 443 g/mol. The zero-order chi connectivity index (χ0) is 22.6. The molecule has 0 saturated carbocycles. The van der Waals surface area contributed by atoms with E-state index in [1.54, 1.807) is 48.5 Å². The van der Waals surface area contributed by atoms with Gasteiger partial charge in [-0.25, -0.2) is 8.42 Å². The Balaban J connectivity index is 1.49. The largest absolute Gasteiger partial charge is 0.321 e. The molecule has 0 aliphatic carbocycles. The van der Waals surface area contributed by atoms with Gasteiger partial charge in [0.1, 0.15) is 0 Å². The molecule has 0 unspecified atom stereocenters. The predicted molar refractivity (Wildman–Crippen MR) is 128 cm³/mol. The van der Waals surface area contributed by atoms with E-state index in [-0.39, 0.29) is 10.8 Å². The molecular weight excluding hydrogens is 420 g/mol. The number of carbonyl (C=O) groups excluding carboxylic acids is 1. The molecule has 0 spiro atoms. The van der Waals surface area contributed by atoms with Crippen LogP contribution in [-0.2, 0) is 10.0 Å². The number of aryl methyl sites for hydroxylation is 1. The second-order valence-electron chi connectivity index (χ2n) is 7.36. The van der Waals surface area contributed by atoms with Crippen molar-refractivity contribution in [1.82, 2.24) is 0 Å². The molecule has 5 nitrogen and oxygen atoms in total. The Morgan fingerprint density at radius 2 is 1.34 bits per heavy atom. The van der Waals surface area contributed by atoms with Gasteiger partial charge in [-0.05, 0) is 55.0 Å². The van der Waals surface area contributed by atoms with Crippen LogP contribution >= 0.6 is 0 Å². The first-order valence-corrected chi connectivity index (χ1v) is 11.6. The number of hydrogen-bond acceptors (Lipinski definition) is 3. The summed E-state index contributed by atoms with van der Waals surface area (Å²) >= 11 is 0. The van der Waals surface area contributed by atoms with Gasteiger partial charge in [-0.3, -0.25) is 9.52 Å². The van der Waals surface area contributed by atoms with Crippen molar-refractivity contribution in [2.75, 3.05) is 10.0 Å². The van der Waals surface area contributed by atoms with Crippen LogP contribution in [0.5, 0.6) is 0 Å². The Labute approximate surface area is 187 Å². The molecule has 0 heterocycles. The molecule has 32 heavy (non-hydrogen) atoms. The standard InChI is InChI=1S/C26H22N2O3S/c1-19-11-17-23(18-12-19)32(30,31)28-22-15-13-21(14-16-22)26(29)27-25-10-6-5-9-24(25)20-7-3-2-4-8-20/h2-18,28H,1H3,(H,27,29). The van der Waals surface area contributed by atoms with Gasteiger partial charge in [-0.15, -0.1) is 0 Å². The highest BCUT2D eigenvalue weighted by Crippen LogP contribution is 2.28. The van der Waals surface area contributed by atoms with Crippen LogP contribution in [-0.4, -0.2) is 14.3 Å². The highest BCUT2D eigenvalue weighted by Gasteiger charge is 2.15. The van der Waals surface area contributed by atoms with E-state index in [4.69, 9.17) is 0 Å². The van der Waals surface area contributed by atoms with Gasteiger partial charge >= 0.3 is 0 Å². The fourth-order valence-electron chi connectivity index (χ4n) is 3.28. The van der Waals surface area contributed by atoms with Crippen LogP contribution in [0.3, 0.4) is 0 Å². The second kappa shape index (κ2) is 9.08. The number of amides is 1. The normalized spacial score (nSPS) is 11.0.